The topological polar surface area (TPSA) is 165 Å². The van der Waals surface area contributed by atoms with Crippen LogP contribution in [0.5, 0.6) is 5.88 Å². The van der Waals surface area contributed by atoms with E-state index in [2.05, 4.69) is 25.4 Å². The van der Waals surface area contributed by atoms with E-state index in [1.54, 1.807) is 6.07 Å². The van der Waals surface area contributed by atoms with Gasteiger partial charge < -0.3 is 25.9 Å². The standard InChI is InChI=1S/C22H20ClFN8O4/c23-12-1-4-14(24)15(6-12)28-17-7-18(27-13-2-3-13)32-20(30-17)11(9-26-32)5-16-21(34)31(22(35)29-16)10-36-19(33)8-25/h1,4-7,9,13,28,34H,2-3,8,10,25H2,(H,29,35). The molecular weight excluding hydrogens is 495 g/mol. The van der Waals surface area contributed by atoms with Crippen LogP contribution in [0.1, 0.15) is 18.5 Å². The van der Waals surface area contributed by atoms with Crippen LogP contribution in [0, 0.1) is 5.82 Å². The molecule has 1 fully saturated rings. The fourth-order valence-corrected chi connectivity index (χ4v) is 3.57. The molecule has 0 bridgehead atoms. The van der Waals surface area contributed by atoms with Gasteiger partial charge in [0.05, 0.1) is 24.5 Å². The Balaban J connectivity index is 1.60. The number of halogens is 2. The van der Waals surface area contributed by atoms with Crippen LogP contribution in [0.25, 0.3) is 11.7 Å². The Labute approximate surface area is 206 Å². The summed E-state index contributed by atoms with van der Waals surface area (Å²) in [5.41, 5.74) is 5.50. The zero-order chi connectivity index (χ0) is 25.4. The highest BCUT2D eigenvalue weighted by molar-refractivity contribution is 6.30. The number of fused-ring (bicyclic) bond motifs is 1. The first-order valence-corrected chi connectivity index (χ1v) is 11.2. The van der Waals surface area contributed by atoms with Crippen LogP contribution >= 0.6 is 11.6 Å². The minimum absolute atomic E-state index is 0.0421. The number of aromatic hydroxyl groups is 1. The van der Waals surface area contributed by atoms with E-state index in [-0.39, 0.29) is 24.0 Å². The van der Waals surface area contributed by atoms with Crippen LogP contribution in [0.15, 0.2) is 40.2 Å². The number of aromatic amines is 1. The molecule has 14 heteroatoms. The monoisotopic (exact) mass is 514 g/mol. The van der Waals surface area contributed by atoms with Crippen molar-refractivity contribution in [2.45, 2.75) is 25.6 Å². The predicted molar refractivity (Wildman–Crippen MR) is 127 cm³/mol. The molecule has 0 atom stereocenters. The molecule has 0 unspecified atom stereocenters. The van der Waals surface area contributed by atoms with E-state index in [0.29, 0.717) is 27.2 Å². The van der Waals surface area contributed by atoms with Gasteiger partial charge in [0.15, 0.2) is 17.9 Å². The number of H-pyrrole nitrogens is 1. The second kappa shape index (κ2) is 9.43. The molecule has 3 heterocycles. The summed E-state index contributed by atoms with van der Waals surface area (Å²) in [6.07, 6.45) is 4.85. The van der Waals surface area contributed by atoms with E-state index in [9.17, 15) is 19.1 Å². The number of benzene rings is 1. The van der Waals surface area contributed by atoms with Crippen molar-refractivity contribution in [3.63, 3.8) is 0 Å². The average Bonchev–Trinajstić information content (AvgIpc) is 3.52. The Hall–Kier alpha value is -4.23. The molecule has 186 valence electrons. The molecule has 0 amide bonds. The summed E-state index contributed by atoms with van der Waals surface area (Å²) in [5.74, 6) is -1.41. The molecule has 1 saturated carbocycles. The van der Waals surface area contributed by atoms with Crippen LogP contribution in [0.3, 0.4) is 0 Å². The summed E-state index contributed by atoms with van der Waals surface area (Å²) in [6, 6.07) is 5.92. The van der Waals surface area contributed by atoms with E-state index >= 15 is 0 Å². The summed E-state index contributed by atoms with van der Waals surface area (Å²) in [4.78, 5) is 35.3. The summed E-state index contributed by atoms with van der Waals surface area (Å²) >= 11 is 6.01. The fraction of sp³-hybridized carbons (Fsp3) is 0.227. The van der Waals surface area contributed by atoms with Crippen LogP contribution in [-0.4, -0.2) is 47.8 Å². The number of hydrogen-bond donors (Lipinski definition) is 4. The van der Waals surface area contributed by atoms with Crippen molar-refractivity contribution in [3.05, 3.63) is 68.2 Å². The highest BCUT2D eigenvalue weighted by atomic mass is 35.5. The molecule has 5 rings (SSSR count). The number of nitrogens with zero attached hydrogens (tertiary/aromatic N) is 5. The Morgan fingerprint density at radius 1 is 1.42 bits per heavy atom. The van der Waals surface area contributed by atoms with Gasteiger partial charge in [0.2, 0.25) is 5.88 Å². The Bertz CT molecular complexity index is 1660. The maximum absolute atomic E-state index is 14.3. The lowest BCUT2D eigenvalue weighted by Crippen LogP contribution is -2.23. The number of carbonyl (C=O) groups is 1. The lowest BCUT2D eigenvalue weighted by atomic mass is 10.3. The largest absolute Gasteiger partial charge is 0.493 e. The van der Waals surface area contributed by atoms with Gasteiger partial charge in [-0.15, -0.1) is 0 Å². The highest BCUT2D eigenvalue weighted by Crippen LogP contribution is 2.24. The molecule has 0 saturated heterocycles. The van der Waals surface area contributed by atoms with Crippen LogP contribution in [-0.2, 0) is 16.3 Å². The molecule has 1 aromatic carbocycles. The first-order valence-electron chi connectivity index (χ1n) is 10.9. The van der Waals surface area contributed by atoms with Crippen molar-refractivity contribution in [2.24, 2.45) is 10.7 Å². The lowest BCUT2D eigenvalue weighted by Gasteiger charge is -2.08. The molecule has 36 heavy (non-hydrogen) atoms. The molecule has 5 N–H and O–H groups in total. The number of nitrogens with one attached hydrogen (secondary N) is 2. The SMILES string of the molecule is NCC(=O)OCn1c(O)c(C=c2cnn3c(=NC4CC4)cc(Nc4cc(Cl)ccc4F)nc23)[nH]c1=O. The third kappa shape index (κ3) is 4.78. The Morgan fingerprint density at radius 3 is 2.97 bits per heavy atom. The zero-order valence-electron chi connectivity index (χ0n) is 18.6. The smallest absolute Gasteiger partial charge is 0.331 e. The van der Waals surface area contributed by atoms with Crippen molar-refractivity contribution < 1.29 is 19.0 Å². The molecule has 3 aromatic heterocycles. The van der Waals surface area contributed by atoms with Gasteiger partial charge in [-0.1, -0.05) is 11.6 Å². The maximum atomic E-state index is 14.3. The molecule has 0 aliphatic heterocycles. The average molecular weight is 515 g/mol. The van der Waals surface area contributed by atoms with Crippen molar-refractivity contribution in [3.8, 4) is 5.88 Å². The second-order valence-corrected chi connectivity index (χ2v) is 8.47. The normalized spacial score (nSPS) is 14.5. The summed E-state index contributed by atoms with van der Waals surface area (Å²) in [5, 5.41) is 18.5. The maximum Gasteiger partial charge on any atom is 0.331 e. The fourth-order valence-electron chi connectivity index (χ4n) is 3.40. The molecule has 0 radical (unpaired) electrons. The van der Waals surface area contributed by atoms with Gasteiger partial charge in [-0.2, -0.15) is 9.61 Å². The van der Waals surface area contributed by atoms with Gasteiger partial charge in [0.25, 0.3) is 0 Å². The van der Waals surface area contributed by atoms with Crippen LogP contribution < -0.4 is 27.4 Å². The van der Waals surface area contributed by atoms with Crippen molar-refractivity contribution in [2.75, 3.05) is 11.9 Å². The summed E-state index contributed by atoms with van der Waals surface area (Å²) in [6.45, 7) is -0.877. The second-order valence-electron chi connectivity index (χ2n) is 8.03. The van der Waals surface area contributed by atoms with Crippen LogP contribution in [0.4, 0.5) is 15.9 Å². The van der Waals surface area contributed by atoms with E-state index in [4.69, 9.17) is 22.1 Å². The van der Waals surface area contributed by atoms with Crippen molar-refractivity contribution in [1.82, 2.24) is 24.1 Å². The first-order chi connectivity index (χ1) is 17.3. The molecule has 12 nitrogen and oxygen atoms in total. The van der Waals surface area contributed by atoms with E-state index < -0.39 is 30.1 Å². The molecule has 4 aromatic rings. The Morgan fingerprint density at radius 2 is 2.22 bits per heavy atom. The minimum atomic E-state index is -0.733. The number of esters is 1. The van der Waals surface area contributed by atoms with E-state index in [0.717, 1.165) is 17.4 Å². The van der Waals surface area contributed by atoms with Gasteiger partial charge in [-0.3, -0.25) is 9.79 Å². The summed E-state index contributed by atoms with van der Waals surface area (Å²) in [7, 11) is 0. The lowest BCUT2D eigenvalue weighted by molar-refractivity contribution is -0.145. The molecule has 0 spiro atoms. The van der Waals surface area contributed by atoms with Crippen molar-refractivity contribution >= 4 is 40.8 Å². The third-order valence-electron chi connectivity index (χ3n) is 5.34. The summed E-state index contributed by atoms with van der Waals surface area (Å²) < 4.78 is 21.5. The first kappa shape index (κ1) is 23.5. The molecule has 1 aliphatic carbocycles. The van der Waals surface area contributed by atoms with Gasteiger partial charge in [-0.05, 0) is 37.1 Å². The predicted octanol–water partition coefficient (Wildman–Crippen LogP) is 0.531. The number of ether oxygens (including phenoxy) is 1. The number of hydrogen-bond acceptors (Lipinski definition) is 9. The zero-order valence-corrected chi connectivity index (χ0v) is 19.4. The van der Waals surface area contributed by atoms with Crippen molar-refractivity contribution in [1.29, 1.82) is 0 Å². The van der Waals surface area contributed by atoms with Gasteiger partial charge >= 0.3 is 11.7 Å². The Kier molecular flexibility index (Phi) is 6.16. The third-order valence-corrected chi connectivity index (χ3v) is 5.57. The number of aromatic nitrogens is 5. The van der Waals surface area contributed by atoms with Gasteiger partial charge in [-0.25, -0.2) is 18.7 Å². The number of nitrogens with two attached hydrogens (primary N) is 1. The highest BCUT2D eigenvalue weighted by Gasteiger charge is 2.20. The van der Waals surface area contributed by atoms with E-state index in [1.165, 1.54) is 35.0 Å². The number of rotatable bonds is 7. The quantitative estimate of drug-likeness (QED) is 0.259. The molecule has 1 aliphatic rings. The number of imidazole rings is 1. The number of anilines is 2. The van der Waals surface area contributed by atoms with Gasteiger partial charge in [0, 0.05) is 16.3 Å². The van der Waals surface area contributed by atoms with Gasteiger partial charge in [0.1, 0.15) is 17.3 Å². The van der Waals surface area contributed by atoms with E-state index in [1.807, 2.05) is 0 Å². The minimum Gasteiger partial charge on any atom is -0.493 e. The number of carbonyl (C=O) groups excluding carboxylic acids is 1. The molecular formula is C22H20ClFN8O4. The van der Waals surface area contributed by atoms with Crippen LogP contribution in [0.2, 0.25) is 5.02 Å².